The molecule has 2 N–H and O–H groups in total. The number of rotatable bonds is 3. The third kappa shape index (κ3) is 2.52. The van der Waals surface area contributed by atoms with Gasteiger partial charge in [-0.1, -0.05) is 6.07 Å². The van der Waals surface area contributed by atoms with Gasteiger partial charge in [-0.3, -0.25) is 0 Å². The third-order valence-electron chi connectivity index (χ3n) is 2.30. The predicted octanol–water partition coefficient (Wildman–Crippen LogP) is 3.08. The number of aromatic hydroxyl groups is 1. The van der Waals surface area contributed by atoms with E-state index in [9.17, 15) is 5.11 Å². The minimum absolute atomic E-state index is 0.280. The summed E-state index contributed by atoms with van der Waals surface area (Å²) in [5, 5.41) is 13.7. The zero-order chi connectivity index (χ0) is 11.5. The Bertz CT molecular complexity index is 494. The van der Waals surface area contributed by atoms with E-state index in [1.165, 1.54) is 4.88 Å². The SMILES string of the molecule is Cc1nc(C)c(CNc2cccc(O)c2)s1. The van der Waals surface area contributed by atoms with E-state index in [1.807, 2.05) is 26.0 Å². The highest BCUT2D eigenvalue weighted by Crippen LogP contribution is 2.20. The fourth-order valence-electron chi connectivity index (χ4n) is 1.54. The summed E-state index contributed by atoms with van der Waals surface area (Å²) in [5.74, 6) is 0.280. The molecular weight excluding hydrogens is 220 g/mol. The number of benzene rings is 1. The predicted molar refractivity (Wildman–Crippen MR) is 67.0 cm³/mol. The monoisotopic (exact) mass is 234 g/mol. The molecule has 0 saturated heterocycles. The summed E-state index contributed by atoms with van der Waals surface area (Å²) in [5.41, 5.74) is 2.00. The van der Waals surface area contributed by atoms with E-state index in [1.54, 1.807) is 23.5 Å². The molecule has 1 heterocycles. The molecule has 0 aliphatic carbocycles. The first kappa shape index (κ1) is 11.0. The lowest BCUT2D eigenvalue weighted by molar-refractivity contribution is 0.475. The number of nitrogens with zero attached hydrogens (tertiary/aromatic N) is 1. The minimum atomic E-state index is 0.280. The lowest BCUT2D eigenvalue weighted by Gasteiger charge is -2.05. The van der Waals surface area contributed by atoms with Gasteiger partial charge in [0.25, 0.3) is 0 Å². The van der Waals surface area contributed by atoms with Crippen molar-refractivity contribution in [3.8, 4) is 5.75 Å². The molecule has 1 aromatic carbocycles. The van der Waals surface area contributed by atoms with Crippen molar-refractivity contribution in [1.82, 2.24) is 4.98 Å². The molecule has 4 heteroatoms. The van der Waals surface area contributed by atoms with Gasteiger partial charge in [-0.25, -0.2) is 4.98 Å². The Hall–Kier alpha value is -1.55. The van der Waals surface area contributed by atoms with Gasteiger partial charge in [0, 0.05) is 16.6 Å². The van der Waals surface area contributed by atoms with Gasteiger partial charge < -0.3 is 10.4 Å². The maximum absolute atomic E-state index is 9.32. The van der Waals surface area contributed by atoms with Crippen LogP contribution in [0.5, 0.6) is 5.75 Å². The van der Waals surface area contributed by atoms with Gasteiger partial charge in [-0.2, -0.15) is 0 Å². The number of anilines is 1. The number of phenolic OH excluding ortho intramolecular Hbond substituents is 1. The fraction of sp³-hybridized carbons (Fsp3) is 0.250. The van der Waals surface area contributed by atoms with E-state index in [0.29, 0.717) is 0 Å². The largest absolute Gasteiger partial charge is 0.508 e. The Morgan fingerprint density at radius 1 is 1.38 bits per heavy atom. The third-order valence-corrected chi connectivity index (χ3v) is 3.37. The Labute approximate surface area is 98.8 Å². The Morgan fingerprint density at radius 2 is 2.19 bits per heavy atom. The average Bonchev–Trinajstić information content (AvgIpc) is 2.54. The summed E-state index contributed by atoms with van der Waals surface area (Å²) in [6.45, 7) is 4.78. The number of aryl methyl sites for hydroxylation is 2. The van der Waals surface area contributed by atoms with Crippen molar-refractivity contribution in [2.45, 2.75) is 20.4 Å². The van der Waals surface area contributed by atoms with Gasteiger partial charge in [0.15, 0.2) is 0 Å². The quantitative estimate of drug-likeness (QED) is 0.857. The number of thiazole rings is 1. The van der Waals surface area contributed by atoms with Crippen LogP contribution in [0.25, 0.3) is 0 Å². The second kappa shape index (κ2) is 4.53. The van der Waals surface area contributed by atoms with Crippen molar-refractivity contribution in [1.29, 1.82) is 0 Å². The molecular formula is C12H14N2OS. The molecule has 2 aromatic rings. The Morgan fingerprint density at radius 3 is 2.81 bits per heavy atom. The molecule has 0 atom stereocenters. The van der Waals surface area contributed by atoms with Crippen LogP contribution in [0.4, 0.5) is 5.69 Å². The second-order valence-electron chi connectivity index (χ2n) is 3.65. The topological polar surface area (TPSA) is 45.2 Å². The Kier molecular flexibility index (Phi) is 3.10. The number of nitrogens with one attached hydrogen (secondary N) is 1. The van der Waals surface area contributed by atoms with Gasteiger partial charge in [-0.15, -0.1) is 11.3 Å². The molecule has 1 aromatic heterocycles. The minimum Gasteiger partial charge on any atom is -0.508 e. The van der Waals surface area contributed by atoms with Crippen LogP contribution in [-0.2, 0) is 6.54 Å². The Balaban J connectivity index is 2.05. The summed E-state index contributed by atoms with van der Waals surface area (Å²) in [7, 11) is 0. The maximum atomic E-state index is 9.32. The summed E-state index contributed by atoms with van der Waals surface area (Å²) in [6.07, 6.45) is 0. The van der Waals surface area contributed by atoms with Crippen LogP contribution in [0.3, 0.4) is 0 Å². The molecule has 3 nitrogen and oxygen atoms in total. The van der Waals surface area contributed by atoms with Crippen LogP contribution in [-0.4, -0.2) is 10.1 Å². The lowest BCUT2D eigenvalue weighted by Crippen LogP contribution is -1.98. The number of hydrogen-bond acceptors (Lipinski definition) is 4. The molecule has 0 spiro atoms. The smallest absolute Gasteiger partial charge is 0.117 e. The van der Waals surface area contributed by atoms with Crippen molar-refractivity contribution in [3.05, 3.63) is 39.8 Å². The van der Waals surface area contributed by atoms with Crippen molar-refractivity contribution in [3.63, 3.8) is 0 Å². The van der Waals surface area contributed by atoms with Gasteiger partial charge in [0.1, 0.15) is 5.75 Å². The first-order chi connectivity index (χ1) is 7.65. The first-order valence-electron chi connectivity index (χ1n) is 5.11. The fourth-order valence-corrected chi connectivity index (χ4v) is 2.41. The molecule has 0 amide bonds. The molecule has 0 unspecified atom stereocenters. The van der Waals surface area contributed by atoms with E-state index >= 15 is 0 Å². The zero-order valence-electron chi connectivity index (χ0n) is 9.32. The molecule has 0 fully saturated rings. The van der Waals surface area contributed by atoms with Crippen LogP contribution in [0, 0.1) is 13.8 Å². The number of phenols is 1. The van der Waals surface area contributed by atoms with E-state index in [4.69, 9.17) is 0 Å². The van der Waals surface area contributed by atoms with Crippen LogP contribution < -0.4 is 5.32 Å². The van der Waals surface area contributed by atoms with E-state index in [0.717, 1.165) is 22.9 Å². The average molecular weight is 234 g/mol. The van der Waals surface area contributed by atoms with Crippen LogP contribution in [0.15, 0.2) is 24.3 Å². The zero-order valence-corrected chi connectivity index (χ0v) is 10.1. The van der Waals surface area contributed by atoms with Gasteiger partial charge in [-0.05, 0) is 26.0 Å². The highest BCUT2D eigenvalue weighted by molar-refractivity contribution is 7.11. The second-order valence-corrected chi connectivity index (χ2v) is 4.93. The summed E-state index contributed by atoms with van der Waals surface area (Å²) in [4.78, 5) is 5.61. The summed E-state index contributed by atoms with van der Waals surface area (Å²) < 4.78 is 0. The van der Waals surface area contributed by atoms with Crippen molar-refractivity contribution < 1.29 is 5.11 Å². The molecule has 0 bridgehead atoms. The van der Waals surface area contributed by atoms with Gasteiger partial charge >= 0.3 is 0 Å². The molecule has 16 heavy (non-hydrogen) atoms. The standard InChI is InChI=1S/C12H14N2OS/c1-8-12(16-9(2)14-8)7-13-10-4-3-5-11(15)6-10/h3-6,13,15H,7H2,1-2H3. The number of hydrogen-bond donors (Lipinski definition) is 2. The molecule has 0 radical (unpaired) electrons. The van der Waals surface area contributed by atoms with Gasteiger partial charge in [0.05, 0.1) is 17.2 Å². The van der Waals surface area contributed by atoms with Crippen molar-refractivity contribution in [2.75, 3.05) is 5.32 Å². The van der Waals surface area contributed by atoms with Crippen LogP contribution in [0.1, 0.15) is 15.6 Å². The summed E-state index contributed by atoms with van der Waals surface area (Å²) >= 11 is 1.70. The van der Waals surface area contributed by atoms with E-state index in [-0.39, 0.29) is 5.75 Å². The molecule has 0 aliphatic heterocycles. The van der Waals surface area contributed by atoms with Crippen molar-refractivity contribution >= 4 is 17.0 Å². The molecule has 0 aliphatic rings. The molecule has 84 valence electrons. The van der Waals surface area contributed by atoms with E-state index in [2.05, 4.69) is 10.3 Å². The van der Waals surface area contributed by atoms with Crippen molar-refractivity contribution in [2.24, 2.45) is 0 Å². The molecule has 0 saturated carbocycles. The highest BCUT2D eigenvalue weighted by Gasteiger charge is 2.04. The van der Waals surface area contributed by atoms with Gasteiger partial charge in [0.2, 0.25) is 0 Å². The van der Waals surface area contributed by atoms with Crippen LogP contribution in [0.2, 0.25) is 0 Å². The normalized spacial score (nSPS) is 10.4. The summed E-state index contributed by atoms with van der Waals surface area (Å²) in [6, 6.07) is 7.13. The van der Waals surface area contributed by atoms with Crippen LogP contribution >= 0.6 is 11.3 Å². The lowest BCUT2D eigenvalue weighted by atomic mass is 10.3. The number of aromatic nitrogens is 1. The van der Waals surface area contributed by atoms with E-state index < -0.39 is 0 Å². The maximum Gasteiger partial charge on any atom is 0.117 e. The first-order valence-corrected chi connectivity index (χ1v) is 5.92. The highest BCUT2D eigenvalue weighted by atomic mass is 32.1. The molecule has 2 rings (SSSR count).